The van der Waals surface area contributed by atoms with Crippen molar-refractivity contribution in [2.45, 2.75) is 11.4 Å². The molecule has 30 heavy (non-hydrogen) atoms. The Morgan fingerprint density at radius 2 is 1.83 bits per heavy atom. The number of nitrogens with one attached hydrogen (secondary N) is 1. The number of hydrogen-bond acceptors (Lipinski definition) is 8. The van der Waals surface area contributed by atoms with Gasteiger partial charge in [-0.1, -0.05) is 12.1 Å². The molecule has 2 heterocycles. The number of methoxy groups -OCH3 is 1. The summed E-state index contributed by atoms with van der Waals surface area (Å²) in [6.07, 6.45) is 0. The van der Waals surface area contributed by atoms with Gasteiger partial charge in [-0.2, -0.15) is 16.1 Å². The SMILES string of the molecule is COc1ccc(CNC(=O)COC(=O)c2sccc2S(=O)(=O)N2CCSCC2)cc1. The third-order valence-electron chi connectivity index (χ3n) is 4.39. The molecule has 3 rings (SSSR count). The highest BCUT2D eigenvalue weighted by molar-refractivity contribution is 7.99. The van der Waals surface area contributed by atoms with Crippen LogP contribution in [0, 0.1) is 0 Å². The molecule has 1 aromatic carbocycles. The van der Waals surface area contributed by atoms with Crippen LogP contribution in [-0.4, -0.2) is 62.9 Å². The van der Waals surface area contributed by atoms with E-state index in [-0.39, 0.29) is 16.3 Å². The Kier molecular flexibility index (Phi) is 7.75. The minimum Gasteiger partial charge on any atom is -0.497 e. The average molecular weight is 471 g/mol. The number of benzene rings is 1. The van der Waals surface area contributed by atoms with Crippen molar-refractivity contribution in [3.63, 3.8) is 0 Å². The van der Waals surface area contributed by atoms with Gasteiger partial charge in [0.2, 0.25) is 10.0 Å². The number of esters is 1. The number of carbonyl (C=O) groups is 2. The van der Waals surface area contributed by atoms with E-state index in [0.29, 0.717) is 18.8 Å². The fraction of sp³-hybridized carbons (Fsp3) is 0.368. The molecule has 0 spiro atoms. The largest absolute Gasteiger partial charge is 0.497 e. The molecule has 8 nitrogen and oxygen atoms in total. The molecule has 1 saturated heterocycles. The van der Waals surface area contributed by atoms with Crippen LogP contribution in [0.1, 0.15) is 15.2 Å². The Morgan fingerprint density at radius 3 is 2.50 bits per heavy atom. The van der Waals surface area contributed by atoms with Gasteiger partial charge in [0.05, 0.1) is 7.11 Å². The molecule has 0 atom stereocenters. The van der Waals surface area contributed by atoms with Crippen LogP contribution in [-0.2, 0) is 26.1 Å². The summed E-state index contributed by atoms with van der Waals surface area (Å²) >= 11 is 2.68. The minimum atomic E-state index is -3.77. The zero-order valence-corrected chi connectivity index (χ0v) is 18.8. The molecule has 11 heteroatoms. The van der Waals surface area contributed by atoms with Gasteiger partial charge in [-0.25, -0.2) is 13.2 Å². The molecule has 0 unspecified atom stereocenters. The van der Waals surface area contributed by atoms with Crippen molar-refractivity contribution in [3.05, 3.63) is 46.2 Å². The van der Waals surface area contributed by atoms with Crippen molar-refractivity contribution in [1.29, 1.82) is 0 Å². The van der Waals surface area contributed by atoms with E-state index in [9.17, 15) is 18.0 Å². The molecule has 162 valence electrons. The predicted octanol–water partition coefficient (Wildman–Crippen LogP) is 1.97. The Bertz CT molecular complexity index is 982. The number of ether oxygens (including phenoxy) is 2. The standard InChI is InChI=1S/C19H22N2O6S3/c1-26-15-4-2-14(3-5-15)12-20-17(22)13-27-19(23)18-16(6-9-29-18)30(24,25)21-7-10-28-11-8-21/h2-6,9H,7-8,10-13H2,1H3,(H,20,22). The summed E-state index contributed by atoms with van der Waals surface area (Å²) < 4.78 is 37.2. The molecule has 1 aliphatic rings. The highest BCUT2D eigenvalue weighted by atomic mass is 32.2. The first-order chi connectivity index (χ1) is 14.4. The highest BCUT2D eigenvalue weighted by Crippen LogP contribution is 2.27. The number of carbonyl (C=O) groups excluding carboxylic acids is 2. The lowest BCUT2D eigenvalue weighted by molar-refractivity contribution is -0.124. The van der Waals surface area contributed by atoms with Crippen LogP contribution in [0.15, 0.2) is 40.6 Å². The molecule has 0 radical (unpaired) electrons. The summed E-state index contributed by atoms with van der Waals surface area (Å²) in [7, 11) is -2.20. The number of thiophene rings is 1. The van der Waals surface area contributed by atoms with Crippen LogP contribution < -0.4 is 10.1 Å². The van der Waals surface area contributed by atoms with Gasteiger partial charge in [-0.3, -0.25) is 4.79 Å². The zero-order chi connectivity index (χ0) is 21.6. The van der Waals surface area contributed by atoms with E-state index in [1.165, 1.54) is 15.8 Å². The van der Waals surface area contributed by atoms with Gasteiger partial charge in [0, 0.05) is 31.1 Å². The molecule has 1 N–H and O–H groups in total. The van der Waals surface area contributed by atoms with Crippen molar-refractivity contribution in [2.24, 2.45) is 0 Å². The fourth-order valence-corrected chi connectivity index (χ4v) is 6.63. The molecule has 1 aromatic heterocycles. The van der Waals surface area contributed by atoms with E-state index in [1.54, 1.807) is 31.0 Å². The van der Waals surface area contributed by atoms with E-state index in [1.807, 2.05) is 12.1 Å². The zero-order valence-electron chi connectivity index (χ0n) is 16.3. The lowest BCUT2D eigenvalue weighted by atomic mass is 10.2. The number of rotatable bonds is 8. The maximum atomic E-state index is 12.8. The van der Waals surface area contributed by atoms with Gasteiger partial charge < -0.3 is 14.8 Å². The summed E-state index contributed by atoms with van der Waals surface area (Å²) in [5.74, 6) is 0.849. The summed E-state index contributed by atoms with van der Waals surface area (Å²) in [5, 5.41) is 4.18. The van der Waals surface area contributed by atoms with Gasteiger partial charge in [0.1, 0.15) is 15.5 Å². The van der Waals surface area contributed by atoms with Crippen LogP contribution in [0.3, 0.4) is 0 Å². The van der Waals surface area contributed by atoms with Crippen LogP contribution in [0.2, 0.25) is 0 Å². The number of nitrogens with zero attached hydrogens (tertiary/aromatic N) is 1. The summed E-state index contributed by atoms with van der Waals surface area (Å²) in [6.45, 7) is 0.592. The molecule has 0 aliphatic carbocycles. The van der Waals surface area contributed by atoms with Gasteiger partial charge in [0.25, 0.3) is 5.91 Å². The van der Waals surface area contributed by atoms with Gasteiger partial charge in [0.15, 0.2) is 6.61 Å². The first kappa shape index (κ1) is 22.6. The van der Waals surface area contributed by atoms with E-state index in [4.69, 9.17) is 9.47 Å². The normalized spacial score (nSPS) is 14.8. The summed E-state index contributed by atoms with van der Waals surface area (Å²) in [5.41, 5.74) is 0.863. The van der Waals surface area contributed by atoms with Gasteiger partial charge in [-0.15, -0.1) is 11.3 Å². The fourth-order valence-electron chi connectivity index (χ4n) is 2.77. The quantitative estimate of drug-likeness (QED) is 0.589. The molecular weight excluding hydrogens is 448 g/mol. The second-order valence-corrected chi connectivity index (χ2v) is 10.4. The number of amides is 1. The first-order valence-electron chi connectivity index (χ1n) is 9.14. The first-order valence-corrected chi connectivity index (χ1v) is 12.6. The molecule has 1 aliphatic heterocycles. The Labute approximate surface area is 183 Å². The van der Waals surface area contributed by atoms with Crippen LogP contribution in [0.4, 0.5) is 0 Å². The topological polar surface area (TPSA) is 102 Å². The number of hydrogen-bond donors (Lipinski definition) is 1. The second-order valence-electron chi connectivity index (χ2n) is 6.33. The highest BCUT2D eigenvalue weighted by Gasteiger charge is 2.31. The van der Waals surface area contributed by atoms with Crippen molar-refractivity contribution >= 4 is 45.0 Å². The van der Waals surface area contributed by atoms with E-state index >= 15 is 0 Å². The van der Waals surface area contributed by atoms with Crippen molar-refractivity contribution in [2.75, 3.05) is 38.3 Å². The lowest BCUT2D eigenvalue weighted by Gasteiger charge is -2.25. The molecular formula is C19H22N2O6S3. The van der Waals surface area contributed by atoms with E-state index in [0.717, 1.165) is 28.4 Å². The lowest BCUT2D eigenvalue weighted by Crippen LogP contribution is -2.38. The second kappa shape index (κ2) is 10.3. The summed E-state index contributed by atoms with van der Waals surface area (Å²) in [6, 6.07) is 8.59. The van der Waals surface area contributed by atoms with Crippen LogP contribution >= 0.6 is 23.1 Å². The molecule has 0 saturated carbocycles. The average Bonchev–Trinajstić information content (AvgIpc) is 3.28. The Hall–Kier alpha value is -2.08. The van der Waals surface area contributed by atoms with Gasteiger partial charge in [-0.05, 0) is 29.1 Å². The third-order valence-corrected chi connectivity index (χ3v) is 8.29. The van der Waals surface area contributed by atoms with Crippen LogP contribution in [0.25, 0.3) is 0 Å². The molecule has 0 bridgehead atoms. The van der Waals surface area contributed by atoms with E-state index < -0.39 is 28.5 Å². The third kappa shape index (κ3) is 5.54. The predicted molar refractivity (Wildman–Crippen MR) is 116 cm³/mol. The van der Waals surface area contributed by atoms with Gasteiger partial charge >= 0.3 is 5.97 Å². The van der Waals surface area contributed by atoms with Crippen molar-refractivity contribution in [3.8, 4) is 5.75 Å². The Balaban J connectivity index is 1.55. The maximum Gasteiger partial charge on any atom is 0.350 e. The molecule has 1 fully saturated rings. The monoisotopic (exact) mass is 470 g/mol. The maximum absolute atomic E-state index is 12.8. The van der Waals surface area contributed by atoms with E-state index in [2.05, 4.69) is 5.32 Å². The van der Waals surface area contributed by atoms with Crippen molar-refractivity contribution in [1.82, 2.24) is 9.62 Å². The van der Waals surface area contributed by atoms with Crippen LogP contribution in [0.5, 0.6) is 5.75 Å². The van der Waals surface area contributed by atoms with Crippen molar-refractivity contribution < 1.29 is 27.5 Å². The molecule has 2 aromatic rings. The summed E-state index contributed by atoms with van der Waals surface area (Å²) in [4.78, 5) is 24.3. The molecule has 1 amide bonds. The Morgan fingerprint density at radius 1 is 1.13 bits per heavy atom. The number of thioether (sulfide) groups is 1. The smallest absolute Gasteiger partial charge is 0.350 e. The minimum absolute atomic E-state index is 0.0174. The number of sulfonamides is 1.